The van der Waals surface area contributed by atoms with E-state index >= 15 is 0 Å². The van der Waals surface area contributed by atoms with Crippen molar-refractivity contribution in [2.45, 2.75) is 37.7 Å². The lowest BCUT2D eigenvalue weighted by Gasteiger charge is -2.46. The lowest BCUT2D eigenvalue weighted by atomic mass is 9.63. The number of carboxylic acids is 1. The summed E-state index contributed by atoms with van der Waals surface area (Å²) >= 11 is 0. The van der Waals surface area contributed by atoms with Gasteiger partial charge in [-0.3, -0.25) is 4.79 Å². The van der Waals surface area contributed by atoms with Crippen LogP contribution in [0.1, 0.15) is 32.1 Å². The highest BCUT2D eigenvalue weighted by molar-refractivity contribution is 5.71. The minimum atomic E-state index is -0.607. The maximum absolute atomic E-state index is 11.1. The highest BCUT2D eigenvalue weighted by Gasteiger charge is 2.48. The highest BCUT2D eigenvalue weighted by Crippen LogP contribution is 2.47. The van der Waals surface area contributed by atoms with Crippen LogP contribution in [0.4, 0.5) is 0 Å². The summed E-state index contributed by atoms with van der Waals surface area (Å²) in [6.45, 7) is 2.27. The monoisotopic (exact) mass is 240 g/mol. The first-order valence-electron chi connectivity index (χ1n) is 6.65. The van der Waals surface area contributed by atoms with Crippen LogP contribution in [0.5, 0.6) is 0 Å². The quantitative estimate of drug-likeness (QED) is 0.798. The third-order valence-corrected chi connectivity index (χ3v) is 4.85. The smallest absolute Gasteiger partial charge is 0.306 e. The molecule has 3 aliphatic rings. The van der Waals surface area contributed by atoms with Gasteiger partial charge in [-0.15, -0.1) is 0 Å². The summed E-state index contributed by atoms with van der Waals surface area (Å²) in [5.74, 6) is 0.205. The molecule has 4 atom stereocenters. The molecule has 2 saturated heterocycles. The average Bonchev–Trinajstić information content (AvgIpc) is 2.64. The molecule has 2 aliphatic heterocycles. The molecule has 0 amide bonds. The van der Waals surface area contributed by atoms with Gasteiger partial charge in [0, 0.05) is 19.6 Å². The molecule has 4 heteroatoms. The summed E-state index contributed by atoms with van der Waals surface area (Å²) in [7, 11) is 0. The Hall–Kier alpha value is -0.610. The molecule has 1 aliphatic carbocycles. The molecule has 0 bridgehead atoms. The molecular formula is C13H20O4. The van der Waals surface area contributed by atoms with E-state index in [0.29, 0.717) is 18.4 Å². The first-order chi connectivity index (χ1) is 8.20. The van der Waals surface area contributed by atoms with Crippen LogP contribution in [0.3, 0.4) is 0 Å². The van der Waals surface area contributed by atoms with Gasteiger partial charge in [0.15, 0.2) is 0 Å². The standard InChI is InChI=1S/C13H20O4/c14-12(15)11-2-1-10(11)9-3-5-17-13(7-9)4-6-16-8-13/h9-11H,1-8H2,(H,14,15). The fourth-order valence-corrected chi connectivity index (χ4v) is 3.69. The first-order valence-corrected chi connectivity index (χ1v) is 6.65. The van der Waals surface area contributed by atoms with Gasteiger partial charge in [-0.2, -0.15) is 0 Å². The zero-order chi connectivity index (χ0) is 11.9. The number of hydrogen-bond donors (Lipinski definition) is 1. The number of carboxylic acid groups (broad SMARTS) is 1. The molecular weight excluding hydrogens is 220 g/mol. The second-order valence-corrected chi connectivity index (χ2v) is 5.77. The lowest BCUT2D eigenvalue weighted by molar-refractivity contribution is -0.155. The van der Waals surface area contributed by atoms with E-state index in [4.69, 9.17) is 14.6 Å². The van der Waals surface area contributed by atoms with Crippen molar-refractivity contribution in [1.29, 1.82) is 0 Å². The van der Waals surface area contributed by atoms with Crippen molar-refractivity contribution < 1.29 is 19.4 Å². The van der Waals surface area contributed by atoms with E-state index in [2.05, 4.69) is 0 Å². The molecule has 1 saturated carbocycles. The van der Waals surface area contributed by atoms with Gasteiger partial charge in [0.2, 0.25) is 0 Å². The number of aliphatic carboxylic acids is 1. The largest absolute Gasteiger partial charge is 0.481 e. The van der Waals surface area contributed by atoms with E-state index in [1.165, 1.54) is 0 Å². The Morgan fingerprint density at radius 1 is 1.24 bits per heavy atom. The molecule has 3 fully saturated rings. The van der Waals surface area contributed by atoms with Crippen molar-refractivity contribution in [2.75, 3.05) is 19.8 Å². The van der Waals surface area contributed by atoms with Crippen LogP contribution in [-0.4, -0.2) is 36.5 Å². The first kappa shape index (κ1) is 11.5. The topological polar surface area (TPSA) is 55.8 Å². The summed E-state index contributed by atoms with van der Waals surface area (Å²) in [6.07, 6.45) is 4.95. The van der Waals surface area contributed by atoms with Crippen molar-refractivity contribution >= 4 is 5.97 Å². The van der Waals surface area contributed by atoms with Gasteiger partial charge in [0.25, 0.3) is 0 Å². The molecule has 2 heterocycles. The summed E-state index contributed by atoms with van der Waals surface area (Å²) in [4.78, 5) is 11.1. The van der Waals surface area contributed by atoms with Crippen LogP contribution in [0.25, 0.3) is 0 Å². The van der Waals surface area contributed by atoms with Crippen LogP contribution in [-0.2, 0) is 14.3 Å². The van der Waals surface area contributed by atoms with E-state index in [9.17, 15) is 4.79 Å². The Balaban J connectivity index is 1.66. The van der Waals surface area contributed by atoms with Gasteiger partial charge in [-0.25, -0.2) is 0 Å². The van der Waals surface area contributed by atoms with E-state index in [0.717, 1.165) is 45.3 Å². The van der Waals surface area contributed by atoms with Crippen LogP contribution in [0.2, 0.25) is 0 Å². The van der Waals surface area contributed by atoms with Gasteiger partial charge in [0.05, 0.1) is 18.1 Å². The molecule has 0 aromatic heterocycles. The molecule has 0 aromatic carbocycles. The summed E-state index contributed by atoms with van der Waals surface area (Å²) in [6, 6.07) is 0. The van der Waals surface area contributed by atoms with Crippen molar-refractivity contribution in [2.24, 2.45) is 17.8 Å². The zero-order valence-corrected chi connectivity index (χ0v) is 10.1. The van der Waals surface area contributed by atoms with Crippen molar-refractivity contribution in [1.82, 2.24) is 0 Å². The second kappa shape index (κ2) is 4.25. The van der Waals surface area contributed by atoms with Gasteiger partial charge < -0.3 is 14.6 Å². The molecule has 96 valence electrons. The molecule has 4 nitrogen and oxygen atoms in total. The molecule has 1 N–H and O–H groups in total. The summed E-state index contributed by atoms with van der Waals surface area (Å²) in [5.41, 5.74) is -0.0818. The Labute approximate surface area is 101 Å². The predicted octanol–water partition coefficient (Wildman–Crippen LogP) is 1.68. The maximum atomic E-state index is 11.1. The fraction of sp³-hybridized carbons (Fsp3) is 0.923. The third kappa shape index (κ3) is 1.97. The van der Waals surface area contributed by atoms with Crippen LogP contribution in [0, 0.1) is 17.8 Å². The number of ether oxygens (including phenoxy) is 2. The number of hydrogen-bond acceptors (Lipinski definition) is 3. The molecule has 4 unspecified atom stereocenters. The lowest BCUT2D eigenvalue weighted by Crippen LogP contribution is -2.47. The predicted molar refractivity (Wildman–Crippen MR) is 60.7 cm³/mol. The van der Waals surface area contributed by atoms with Crippen molar-refractivity contribution in [3.8, 4) is 0 Å². The molecule has 0 radical (unpaired) electrons. The Morgan fingerprint density at radius 3 is 2.71 bits per heavy atom. The number of rotatable bonds is 2. The molecule has 0 aromatic rings. The van der Waals surface area contributed by atoms with Crippen LogP contribution < -0.4 is 0 Å². The van der Waals surface area contributed by atoms with E-state index in [1.54, 1.807) is 0 Å². The SMILES string of the molecule is O=C(O)C1CCC1C1CCOC2(CCOC2)C1. The third-order valence-electron chi connectivity index (χ3n) is 4.85. The maximum Gasteiger partial charge on any atom is 0.306 e. The van der Waals surface area contributed by atoms with Crippen LogP contribution in [0.15, 0.2) is 0 Å². The average molecular weight is 240 g/mol. The zero-order valence-electron chi connectivity index (χ0n) is 10.1. The highest BCUT2D eigenvalue weighted by atomic mass is 16.6. The fourth-order valence-electron chi connectivity index (χ4n) is 3.69. The van der Waals surface area contributed by atoms with Gasteiger partial charge in [-0.1, -0.05) is 0 Å². The second-order valence-electron chi connectivity index (χ2n) is 5.77. The minimum absolute atomic E-state index is 0.0818. The minimum Gasteiger partial charge on any atom is -0.481 e. The summed E-state index contributed by atoms with van der Waals surface area (Å²) < 4.78 is 11.3. The van der Waals surface area contributed by atoms with E-state index < -0.39 is 5.97 Å². The van der Waals surface area contributed by atoms with Crippen LogP contribution >= 0.6 is 0 Å². The van der Waals surface area contributed by atoms with Gasteiger partial charge >= 0.3 is 5.97 Å². The van der Waals surface area contributed by atoms with Crippen molar-refractivity contribution in [3.63, 3.8) is 0 Å². The van der Waals surface area contributed by atoms with E-state index in [-0.39, 0.29) is 11.5 Å². The normalized spacial score (nSPS) is 45.8. The van der Waals surface area contributed by atoms with Gasteiger partial charge in [-0.05, 0) is 37.5 Å². The Morgan fingerprint density at radius 2 is 2.12 bits per heavy atom. The molecule has 17 heavy (non-hydrogen) atoms. The van der Waals surface area contributed by atoms with E-state index in [1.807, 2.05) is 0 Å². The van der Waals surface area contributed by atoms with Crippen molar-refractivity contribution in [3.05, 3.63) is 0 Å². The number of carbonyl (C=O) groups is 1. The Kier molecular flexibility index (Phi) is 2.87. The summed E-state index contributed by atoms with van der Waals surface area (Å²) in [5, 5.41) is 9.14. The molecule has 3 rings (SSSR count). The molecule has 1 spiro atoms. The van der Waals surface area contributed by atoms with Gasteiger partial charge in [0.1, 0.15) is 0 Å². The Bertz CT molecular complexity index is 309.